The summed E-state index contributed by atoms with van der Waals surface area (Å²) in [6, 6.07) is 0. The molecule has 1 radical (unpaired) electrons. The molecule has 0 saturated carbocycles. The first-order valence-electron chi connectivity index (χ1n) is 4.87. The van der Waals surface area contributed by atoms with Crippen molar-refractivity contribution in [3.05, 3.63) is 6.92 Å². The highest BCUT2D eigenvalue weighted by Crippen LogP contribution is 1.99. The monoisotopic (exact) mass is 173 g/mol. The van der Waals surface area contributed by atoms with E-state index < -0.39 is 0 Å². The van der Waals surface area contributed by atoms with Gasteiger partial charge in [-0.3, -0.25) is 0 Å². The second-order valence-corrected chi connectivity index (χ2v) is 2.88. The fraction of sp³-hybridized carbons (Fsp3) is 0.900. The second kappa shape index (κ2) is 9.01. The summed E-state index contributed by atoms with van der Waals surface area (Å²) in [6.07, 6.45) is 4.30. The van der Waals surface area contributed by atoms with E-state index in [2.05, 4.69) is 20.8 Å². The van der Waals surface area contributed by atoms with Gasteiger partial charge in [0.1, 0.15) is 0 Å². The number of hydrogen-bond acceptors (Lipinski definition) is 2. The van der Waals surface area contributed by atoms with Crippen LogP contribution in [0, 0.1) is 6.92 Å². The molecule has 2 nitrogen and oxygen atoms in total. The Morgan fingerprint density at radius 2 is 1.67 bits per heavy atom. The van der Waals surface area contributed by atoms with E-state index in [0.717, 1.165) is 26.1 Å². The minimum Gasteiger partial charge on any atom is -0.353 e. The minimum absolute atomic E-state index is 0.276. The van der Waals surface area contributed by atoms with Crippen molar-refractivity contribution < 1.29 is 9.47 Å². The molecule has 0 N–H and O–H groups in total. The molecule has 0 rings (SSSR count). The molecule has 0 aliphatic carbocycles. The van der Waals surface area contributed by atoms with Gasteiger partial charge in [-0.2, -0.15) is 0 Å². The molecule has 0 amide bonds. The fourth-order valence-electron chi connectivity index (χ4n) is 0.864. The van der Waals surface area contributed by atoms with E-state index in [4.69, 9.17) is 9.47 Å². The molecule has 0 saturated heterocycles. The average molecular weight is 173 g/mol. The van der Waals surface area contributed by atoms with Gasteiger partial charge in [-0.1, -0.05) is 26.7 Å². The number of ether oxygens (including phenoxy) is 2. The third kappa shape index (κ3) is 8.02. The van der Waals surface area contributed by atoms with Crippen molar-refractivity contribution >= 4 is 0 Å². The maximum atomic E-state index is 5.31. The third-order valence-electron chi connectivity index (χ3n) is 1.56. The fourth-order valence-corrected chi connectivity index (χ4v) is 0.864. The zero-order chi connectivity index (χ0) is 9.23. The van der Waals surface area contributed by atoms with Crippen LogP contribution < -0.4 is 0 Å². The Hall–Kier alpha value is -0.0800. The summed E-state index contributed by atoms with van der Waals surface area (Å²) in [5, 5.41) is 0. The maximum absolute atomic E-state index is 5.31. The lowest BCUT2D eigenvalue weighted by molar-refractivity contribution is -0.114. The molecule has 1 atom stereocenters. The lowest BCUT2D eigenvalue weighted by Gasteiger charge is -2.12. The number of hydrogen-bond donors (Lipinski definition) is 0. The smallest absolute Gasteiger partial charge is 0.157 e. The quantitative estimate of drug-likeness (QED) is 0.415. The van der Waals surface area contributed by atoms with Crippen LogP contribution in [0.5, 0.6) is 0 Å². The highest BCUT2D eigenvalue weighted by Gasteiger charge is 1.99. The van der Waals surface area contributed by atoms with Crippen molar-refractivity contribution in [3.8, 4) is 0 Å². The Morgan fingerprint density at radius 1 is 1.00 bits per heavy atom. The Bertz CT molecular complexity index is 83.9. The zero-order valence-corrected chi connectivity index (χ0v) is 8.34. The van der Waals surface area contributed by atoms with Crippen LogP contribution in [0.3, 0.4) is 0 Å². The van der Waals surface area contributed by atoms with Gasteiger partial charge in [0.2, 0.25) is 0 Å². The van der Waals surface area contributed by atoms with E-state index in [-0.39, 0.29) is 6.29 Å². The van der Waals surface area contributed by atoms with Crippen molar-refractivity contribution in [2.45, 2.75) is 45.8 Å². The summed E-state index contributed by atoms with van der Waals surface area (Å²) in [5.41, 5.74) is 0. The molecule has 1 unspecified atom stereocenters. The Balaban J connectivity index is 3.02. The van der Waals surface area contributed by atoms with E-state index in [0.29, 0.717) is 0 Å². The minimum atomic E-state index is -0.276. The Labute approximate surface area is 76.3 Å². The molecular weight excluding hydrogens is 152 g/mol. The van der Waals surface area contributed by atoms with E-state index in [1.165, 1.54) is 12.8 Å². The van der Waals surface area contributed by atoms with Gasteiger partial charge in [0.25, 0.3) is 0 Å². The summed E-state index contributed by atoms with van der Waals surface area (Å²) in [7, 11) is 0. The highest BCUT2D eigenvalue weighted by atomic mass is 16.7. The predicted octanol–water partition coefficient (Wildman–Crippen LogP) is 2.78. The van der Waals surface area contributed by atoms with Gasteiger partial charge in [-0.25, -0.2) is 0 Å². The Kier molecular flexibility index (Phi) is 8.95. The van der Waals surface area contributed by atoms with Crippen molar-refractivity contribution in [1.29, 1.82) is 0 Å². The second-order valence-electron chi connectivity index (χ2n) is 2.88. The molecule has 0 aromatic heterocycles. The standard InChI is InChI=1S/C10H21O2/c1-4-6-7-9-12-10(3)11-8-5-2/h10H,3-9H2,1-2H3. The van der Waals surface area contributed by atoms with E-state index in [9.17, 15) is 0 Å². The zero-order valence-electron chi connectivity index (χ0n) is 8.34. The average Bonchev–Trinajstić information content (AvgIpc) is 2.09. The molecule has 0 fully saturated rings. The van der Waals surface area contributed by atoms with E-state index in [1.54, 1.807) is 0 Å². The van der Waals surface area contributed by atoms with Gasteiger partial charge in [0.15, 0.2) is 6.29 Å². The molecule has 0 aromatic carbocycles. The first kappa shape index (κ1) is 11.9. The molecule has 0 heterocycles. The lowest BCUT2D eigenvalue weighted by Crippen LogP contribution is -2.14. The van der Waals surface area contributed by atoms with Gasteiger partial charge in [0.05, 0.1) is 0 Å². The largest absolute Gasteiger partial charge is 0.353 e. The highest BCUT2D eigenvalue weighted by molar-refractivity contribution is 4.46. The predicted molar refractivity (Wildman–Crippen MR) is 50.9 cm³/mol. The molecule has 0 bridgehead atoms. The van der Waals surface area contributed by atoms with Gasteiger partial charge >= 0.3 is 0 Å². The first-order valence-corrected chi connectivity index (χ1v) is 4.87. The summed E-state index contributed by atoms with van der Waals surface area (Å²) in [5.74, 6) is 0. The topological polar surface area (TPSA) is 18.5 Å². The molecule has 73 valence electrons. The van der Waals surface area contributed by atoms with Crippen LogP contribution in [0.25, 0.3) is 0 Å². The molecule has 0 spiro atoms. The Morgan fingerprint density at radius 3 is 2.25 bits per heavy atom. The van der Waals surface area contributed by atoms with Gasteiger partial charge in [-0.15, -0.1) is 0 Å². The van der Waals surface area contributed by atoms with Crippen molar-refractivity contribution in [2.75, 3.05) is 13.2 Å². The van der Waals surface area contributed by atoms with Crippen LogP contribution in [0.4, 0.5) is 0 Å². The van der Waals surface area contributed by atoms with Crippen LogP contribution >= 0.6 is 0 Å². The van der Waals surface area contributed by atoms with Crippen LogP contribution in [0.1, 0.15) is 39.5 Å². The molecule has 2 heteroatoms. The maximum Gasteiger partial charge on any atom is 0.157 e. The van der Waals surface area contributed by atoms with E-state index in [1.807, 2.05) is 0 Å². The normalized spacial score (nSPS) is 13.2. The molecular formula is C10H21O2. The van der Waals surface area contributed by atoms with Crippen molar-refractivity contribution in [3.63, 3.8) is 0 Å². The van der Waals surface area contributed by atoms with Crippen molar-refractivity contribution in [2.24, 2.45) is 0 Å². The lowest BCUT2D eigenvalue weighted by atomic mass is 10.3. The van der Waals surface area contributed by atoms with Gasteiger partial charge in [-0.05, 0) is 12.8 Å². The molecule has 0 aliphatic heterocycles. The van der Waals surface area contributed by atoms with Crippen LogP contribution in [0.15, 0.2) is 0 Å². The third-order valence-corrected chi connectivity index (χ3v) is 1.56. The van der Waals surface area contributed by atoms with Crippen LogP contribution in [0.2, 0.25) is 0 Å². The van der Waals surface area contributed by atoms with E-state index >= 15 is 0 Å². The van der Waals surface area contributed by atoms with Crippen molar-refractivity contribution in [1.82, 2.24) is 0 Å². The molecule has 12 heavy (non-hydrogen) atoms. The summed E-state index contributed by atoms with van der Waals surface area (Å²) in [4.78, 5) is 0. The van der Waals surface area contributed by atoms with Crippen LogP contribution in [-0.2, 0) is 9.47 Å². The van der Waals surface area contributed by atoms with Gasteiger partial charge in [0, 0.05) is 20.1 Å². The SMILES string of the molecule is [CH2]C(OCCC)OCCCCC. The summed E-state index contributed by atoms with van der Waals surface area (Å²) < 4.78 is 10.6. The number of rotatable bonds is 8. The summed E-state index contributed by atoms with van der Waals surface area (Å²) in [6.45, 7) is 9.49. The van der Waals surface area contributed by atoms with Gasteiger partial charge < -0.3 is 9.47 Å². The first-order chi connectivity index (χ1) is 5.81. The summed E-state index contributed by atoms with van der Waals surface area (Å²) >= 11 is 0. The number of unbranched alkanes of at least 4 members (excludes halogenated alkanes) is 2. The molecule has 0 aromatic rings. The van der Waals surface area contributed by atoms with Crippen LogP contribution in [-0.4, -0.2) is 19.5 Å². The molecule has 0 aliphatic rings.